The van der Waals surface area contributed by atoms with Gasteiger partial charge in [-0.25, -0.2) is 0 Å². The number of aliphatic hydroxyl groups excluding tert-OH is 1. The Morgan fingerprint density at radius 1 is 1.56 bits per heavy atom. The van der Waals surface area contributed by atoms with Crippen molar-refractivity contribution >= 4 is 11.3 Å². The Morgan fingerprint density at radius 3 is 3.06 bits per heavy atom. The SMILES string of the molecule is CN(CCc1cccs1)CC1(CO)CCCOC1. The first-order valence-corrected chi connectivity index (χ1v) is 7.52. The zero-order chi connectivity index (χ0) is 12.8. The van der Waals surface area contributed by atoms with E-state index < -0.39 is 0 Å². The summed E-state index contributed by atoms with van der Waals surface area (Å²) in [6.45, 7) is 3.75. The van der Waals surface area contributed by atoms with Crippen LogP contribution in [-0.2, 0) is 11.2 Å². The second kappa shape index (κ2) is 6.66. The van der Waals surface area contributed by atoms with Crippen LogP contribution in [0, 0.1) is 5.41 Å². The van der Waals surface area contributed by atoms with Crippen molar-refractivity contribution in [2.75, 3.05) is 40.0 Å². The van der Waals surface area contributed by atoms with Gasteiger partial charge in [0, 0.05) is 30.0 Å². The van der Waals surface area contributed by atoms with Gasteiger partial charge < -0.3 is 14.7 Å². The van der Waals surface area contributed by atoms with Crippen LogP contribution in [0.3, 0.4) is 0 Å². The summed E-state index contributed by atoms with van der Waals surface area (Å²) >= 11 is 1.82. The number of hydrogen-bond donors (Lipinski definition) is 1. The van der Waals surface area contributed by atoms with Crippen LogP contribution in [0.15, 0.2) is 17.5 Å². The molecule has 2 heterocycles. The molecule has 1 unspecified atom stereocenters. The average Bonchev–Trinajstić information content (AvgIpc) is 2.91. The van der Waals surface area contributed by atoms with Crippen molar-refractivity contribution in [3.05, 3.63) is 22.4 Å². The van der Waals surface area contributed by atoms with Crippen LogP contribution < -0.4 is 0 Å². The first-order chi connectivity index (χ1) is 8.74. The van der Waals surface area contributed by atoms with Gasteiger partial charge in [-0.2, -0.15) is 0 Å². The minimum atomic E-state index is -0.0392. The van der Waals surface area contributed by atoms with E-state index in [1.54, 1.807) is 0 Å². The zero-order valence-electron chi connectivity index (χ0n) is 11.1. The first-order valence-electron chi connectivity index (χ1n) is 6.64. The van der Waals surface area contributed by atoms with Gasteiger partial charge in [0.1, 0.15) is 0 Å². The number of likely N-dealkylation sites (N-methyl/N-ethyl adjacent to an activating group) is 1. The molecule has 102 valence electrons. The lowest BCUT2D eigenvalue weighted by Crippen LogP contribution is -2.44. The van der Waals surface area contributed by atoms with Gasteiger partial charge in [-0.3, -0.25) is 0 Å². The Labute approximate surface area is 113 Å². The van der Waals surface area contributed by atoms with Crippen molar-refractivity contribution in [2.45, 2.75) is 19.3 Å². The maximum absolute atomic E-state index is 9.64. The quantitative estimate of drug-likeness (QED) is 0.857. The molecule has 0 aromatic carbocycles. The summed E-state index contributed by atoms with van der Waals surface area (Å²) in [6, 6.07) is 4.29. The predicted molar refractivity (Wildman–Crippen MR) is 75.1 cm³/mol. The molecule has 1 saturated heterocycles. The molecule has 3 nitrogen and oxygen atoms in total. The van der Waals surface area contributed by atoms with Crippen LogP contribution in [-0.4, -0.2) is 50.0 Å². The number of ether oxygens (including phenoxy) is 1. The van der Waals surface area contributed by atoms with E-state index in [0.717, 1.165) is 39.0 Å². The number of rotatable bonds is 6. The van der Waals surface area contributed by atoms with Gasteiger partial charge >= 0.3 is 0 Å². The second-order valence-corrected chi connectivity index (χ2v) is 6.41. The van der Waals surface area contributed by atoms with E-state index >= 15 is 0 Å². The number of hydrogen-bond acceptors (Lipinski definition) is 4. The molecule has 1 fully saturated rings. The number of nitrogens with zero attached hydrogens (tertiary/aromatic N) is 1. The van der Waals surface area contributed by atoms with Gasteiger partial charge in [-0.15, -0.1) is 11.3 Å². The van der Waals surface area contributed by atoms with Crippen molar-refractivity contribution in [1.82, 2.24) is 4.90 Å². The van der Waals surface area contributed by atoms with E-state index in [1.165, 1.54) is 4.88 Å². The van der Waals surface area contributed by atoms with E-state index in [2.05, 4.69) is 29.5 Å². The highest BCUT2D eigenvalue weighted by atomic mass is 32.1. The van der Waals surface area contributed by atoms with Crippen LogP contribution in [0.5, 0.6) is 0 Å². The van der Waals surface area contributed by atoms with E-state index in [4.69, 9.17) is 4.74 Å². The third-order valence-electron chi connectivity index (χ3n) is 3.66. The van der Waals surface area contributed by atoms with Crippen molar-refractivity contribution in [3.63, 3.8) is 0 Å². The normalized spacial score (nSPS) is 24.6. The summed E-state index contributed by atoms with van der Waals surface area (Å²) in [5.41, 5.74) is -0.0392. The van der Waals surface area contributed by atoms with Gasteiger partial charge in [0.2, 0.25) is 0 Å². The molecule has 1 aliphatic rings. The summed E-state index contributed by atoms with van der Waals surface area (Å²) in [5, 5.41) is 11.8. The van der Waals surface area contributed by atoms with E-state index in [1.807, 2.05) is 11.3 Å². The van der Waals surface area contributed by atoms with Gasteiger partial charge in [-0.1, -0.05) is 6.07 Å². The Balaban J connectivity index is 1.79. The average molecular weight is 269 g/mol. The highest BCUT2D eigenvalue weighted by molar-refractivity contribution is 7.09. The van der Waals surface area contributed by atoms with Crippen LogP contribution >= 0.6 is 11.3 Å². The van der Waals surface area contributed by atoms with E-state index in [0.29, 0.717) is 6.61 Å². The topological polar surface area (TPSA) is 32.7 Å². The Bertz CT molecular complexity index is 334. The maximum Gasteiger partial charge on any atom is 0.0556 e. The largest absolute Gasteiger partial charge is 0.396 e. The summed E-state index contributed by atoms with van der Waals surface area (Å²) in [5.74, 6) is 0. The lowest BCUT2D eigenvalue weighted by Gasteiger charge is -2.38. The summed E-state index contributed by atoms with van der Waals surface area (Å²) in [6.07, 6.45) is 3.24. The minimum absolute atomic E-state index is 0.0392. The Hall–Kier alpha value is -0.420. The molecular formula is C14H23NO2S. The van der Waals surface area contributed by atoms with E-state index in [9.17, 15) is 5.11 Å². The third-order valence-corrected chi connectivity index (χ3v) is 4.60. The highest BCUT2D eigenvalue weighted by Crippen LogP contribution is 2.28. The Morgan fingerprint density at radius 2 is 2.44 bits per heavy atom. The van der Waals surface area contributed by atoms with Crippen LogP contribution in [0.25, 0.3) is 0 Å². The van der Waals surface area contributed by atoms with Crippen LogP contribution in [0.4, 0.5) is 0 Å². The molecule has 0 saturated carbocycles. The fraction of sp³-hybridized carbons (Fsp3) is 0.714. The molecule has 4 heteroatoms. The summed E-state index contributed by atoms with van der Waals surface area (Å²) < 4.78 is 5.54. The Kier molecular flexibility index (Phi) is 5.18. The smallest absolute Gasteiger partial charge is 0.0556 e. The number of aliphatic hydroxyl groups is 1. The molecular weight excluding hydrogens is 246 g/mol. The zero-order valence-corrected chi connectivity index (χ0v) is 11.9. The fourth-order valence-electron chi connectivity index (χ4n) is 2.62. The van der Waals surface area contributed by atoms with Gasteiger partial charge in [-0.05, 0) is 37.8 Å². The van der Waals surface area contributed by atoms with Crippen molar-refractivity contribution in [2.24, 2.45) is 5.41 Å². The van der Waals surface area contributed by atoms with Gasteiger partial charge in [0.25, 0.3) is 0 Å². The molecule has 0 aliphatic carbocycles. The third kappa shape index (κ3) is 3.79. The summed E-state index contributed by atoms with van der Waals surface area (Å²) in [4.78, 5) is 3.75. The molecule has 0 bridgehead atoms. The molecule has 0 spiro atoms. The second-order valence-electron chi connectivity index (χ2n) is 5.38. The predicted octanol–water partition coefficient (Wildman–Crippen LogP) is 2.01. The van der Waals surface area contributed by atoms with E-state index in [-0.39, 0.29) is 12.0 Å². The van der Waals surface area contributed by atoms with Crippen molar-refractivity contribution in [3.8, 4) is 0 Å². The number of thiophene rings is 1. The van der Waals surface area contributed by atoms with Crippen LogP contribution in [0.2, 0.25) is 0 Å². The molecule has 2 rings (SSSR count). The standard InChI is InChI=1S/C14H23NO2S/c1-15(7-5-13-4-2-9-18-13)10-14(11-16)6-3-8-17-12-14/h2,4,9,16H,3,5-8,10-12H2,1H3. The molecule has 0 radical (unpaired) electrons. The molecule has 1 aromatic heterocycles. The monoisotopic (exact) mass is 269 g/mol. The maximum atomic E-state index is 9.64. The molecule has 0 amide bonds. The van der Waals surface area contributed by atoms with Crippen molar-refractivity contribution < 1.29 is 9.84 Å². The molecule has 1 N–H and O–H groups in total. The van der Waals surface area contributed by atoms with Crippen molar-refractivity contribution in [1.29, 1.82) is 0 Å². The first kappa shape index (κ1) is 14.0. The minimum Gasteiger partial charge on any atom is -0.396 e. The molecule has 1 aromatic rings. The molecule has 1 aliphatic heterocycles. The van der Waals surface area contributed by atoms with Crippen LogP contribution in [0.1, 0.15) is 17.7 Å². The summed E-state index contributed by atoms with van der Waals surface area (Å²) in [7, 11) is 2.14. The van der Waals surface area contributed by atoms with Gasteiger partial charge in [0.15, 0.2) is 0 Å². The molecule has 18 heavy (non-hydrogen) atoms. The lowest BCUT2D eigenvalue weighted by atomic mass is 9.83. The van der Waals surface area contributed by atoms with Gasteiger partial charge in [0.05, 0.1) is 13.2 Å². The fourth-order valence-corrected chi connectivity index (χ4v) is 3.32. The molecule has 1 atom stereocenters. The lowest BCUT2D eigenvalue weighted by molar-refractivity contribution is -0.0520. The highest BCUT2D eigenvalue weighted by Gasteiger charge is 2.33.